The highest BCUT2D eigenvalue weighted by atomic mass is 32.2. The Morgan fingerprint density at radius 2 is 2.04 bits per heavy atom. The van der Waals surface area contributed by atoms with Crippen LogP contribution in [-0.4, -0.2) is 18.4 Å². The van der Waals surface area contributed by atoms with Gasteiger partial charge in [-0.05, 0) is 32.4 Å². The van der Waals surface area contributed by atoms with Gasteiger partial charge in [-0.15, -0.1) is 11.3 Å². The van der Waals surface area contributed by atoms with Gasteiger partial charge in [0.2, 0.25) is 0 Å². The summed E-state index contributed by atoms with van der Waals surface area (Å²) in [6, 6.07) is 5.57. The topological polar surface area (TPSA) is 98.6 Å². The van der Waals surface area contributed by atoms with E-state index >= 15 is 0 Å². The molecule has 0 aliphatic heterocycles. The quantitative estimate of drug-likeness (QED) is 0.760. The number of fused-ring (bicyclic) bond motifs is 1. The maximum absolute atomic E-state index is 12.6. The maximum Gasteiger partial charge on any atom is 0.280 e. The molecule has 0 fully saturated rings. The van der Waals surface area contributed by atoms with E-state index < -0.39 is 10.0 Å². The first-order valence-corrected chi connectivity index (χ1v) is 9.11. The molecule has 8 heteroatoms. The summed E-state index contributed by atoms with van der Waals surface area (Å²) in [7, 11) is -3.78. The van der Waals surface area contributed by atoms with Gasteiger partial charge >= 0.3 is 0 Å². The van der Waals surface area contributed by atoms with Crippen LogP contribution in [0.25, 0.3) is 10.9 Å². The van der Waals surface area contributed by atoms with E-state index in [0.717, 1.165) is 10.9 Å². The van der Waals surface area contributed by atoms with Crippen molar-refractivity contribution in [3.05, 3.63) is 39.3 Å². The van der Waals surface area contributed by atoms with Gasteiger partial charge in [0.05, 0.1) is 21.8 Å². The van der Waals surface area contributed by atoms with Crippen molar-refractivity contribution in [1.82, 2.24) is 9.97 Å². The van der Waals surface area contributed by atoms with E-state index in [0.29, 0.717) is 26.7 Å². The third-order valence-electron chi connectivity index (χ3n) is 3.52. The molecule has 0 unspecified atom stereocenters. The summed E-state index contributed by atoms with van der Waals surface area (Å²) in [6.07, 6.45) is 1.58. The zero-order valence-corrected chi connectivity index (χ0v) is 14.4. The fourth-order valence-corrected chi connectivity index (χ4v) is 4.96. The molecular formula is C15H14N4O2S2. The summed E-state index contributed by atoms with van der Waals surface area (Å²) in [5.74, 6) is 0. The molecule has 3 rings (SSSR count). The van der Waals surface area contributed by atoms with Gasteiger partial charge in [0.15, 0.2) is 5.03 Å². The number of nitrogens with one attached hydrogen (secondary N) is 2. The number of hydrogen-bond donors (Lipinski definition) is 2. The monoisotopic (exact) mass is 346 g/mol. The zero-order chi connectivity index (χ0) is 16.8. The van der Waals surface area contributed by atoms with Gasteiger partial charge in [-0.2, -0.15) is 13.7 Å². The molecule has 0 spiro atoms. The Kier molecular flexibility index (Phi) is 3.62. The van der Waals surface area contributed by atoms with Crippen LogP contribution in [0.2, 0.25) is 0 Å². The lowest BCUT2D eigenvalue weighted by Gasteiger charge is -2.09. The second kappa shape index (κ2) is 5.37. The fraction of sp³-hybridized carbons (Fsp3) is 0.200. The average molecular weight is 346 g/mol. The number of nitrogens with zero attached hydrogens (tertiary/aromatic N) is 2. The first-order chi connectivity index (χ1) is 10.8. The Morgan fingerprint density at radius 3 is 2.65 bits per heavy atom. The number of aromatic amines is 1. The van der Waals surface area contributed by atoms with Crippen LogP contribution in [0.3, 0.4) is 0 Å². The van der Waals surface area contributed by atoms with E-state index in [2.05, 4.69) is 20.8 Å². The second-order valence-corrected chi connectivity index (χ2v) is 8.20. The number of H-pyrrole nitrogens is 1. The third kappa shape index (κ3) is 2.58. The molecule has 0 aliphatic rings. The molecule has 118 valence electrons. The molecule has 6 nitrogen and oxygen atoms in total. The Balaban J connectivity index is 2.12. The summed E-state index contributed by atoms with van der Waals surface area (Å²) < 4.78 is 27.8. The van der Waals surface area contributed by atoms with Crippen molar-refractivity contribution in [1.29, 1.82) is 5.26 Å². The van der Waals surface area contributed by atoms with Crippen LogP contribution in [0.4, 0.5) is 5.69 Å². The number of aryl methyl sites for hydroxylation is 3. The van der Waals surface area contributed by atoms with E-state index in [1.165, 1.54) is 11.3 Å². The molecule has 2 N–H and O–H groups in total. The highest BCUT2D eigenvalue weighted by molar-refractivity contribution is 7.92. The smallest absolute Gasteiger partial charge is 0.280 e. The fourth-order valence-electron chi connectivity index (χ4n) is 2.55. The summed E-state index contributed by atoms with van der Waals surface area (Å²) in [6.45, 7) is 5.38. The van der Waals surface area contributed by atoms with Crippen molar-refractivity contribution >= 4 is 38.0 Å². The standard InChI is InChI=1S/C15H14N4O2S2/c1-8-4-5-12(14-13(8)11(6-16)7-17-14)19-23(20,21)15-9(2)22-10(3)18-15/h4-5,7,17,19H,1-3H3. The number of sulfonamides is 1. The predicted octanol–water partition coefficient (Wildman–Crippen LogP) is 3.22. The number of hydrogen-bond acceptors (Lipinski definition) is 5. The molecule has 2 heterocycles. The predicted molar refractivity (Wildman–Crippen MR) is 90.1 cm³/mol. The van der Waals surface area contributed by atoms with E-state index in [1.54, 1.807) is 32.2 Å². The molecule has 0 saturated heterocycles. The minimum absolute atomic E-state index is 0.0424. The number of aromatic nitrogens is 2. The molecule has 1 aromatic carbocycles. The Hall–Kier alpha value is -2.37. The van der Waals surface area contributed by atoms with Crippen molar-refractivity contribution in [2.45, 2.75) is 25.8 Å². The lowest BCUT2D eigenvalue weighted by Crippen LogP contribution is -2.14. The molecule has 0 saturated carbocycles. The van der Waals surface area contributed by atoms with Crippen LogP contribution in [-0.2, 0) is 10.0 Å². The molecule has 0 radical (unpaired) electrons. The SMILES string of the molecule is Cc1nc(S(=O)(=O)Nc2ccc(C)c3c(C#N)c[nH]c23)c(C)s1. The Labute approximate surface area is 137 Å². The van der Waals surface area contributed by atoms with Gasteiger partial charge < -0.3 is 4.98 Å². The number of thiazole rings is 1. The van der Waals surface area contributed by atoms with Gasteiger partial charge in [0.25, 0.3) is 10.0 Å². The highest BCUT2D eigenvalue weighted by Crippen LogP contribution is 2.30. The van der Waals surface area contributed by atoms with E-state index in [4.69, 9.17) is 0 Å². The van der Waals surface area contributed by atoms with Crippen molar-refractivity contribution < 1.29 is 8.42 Å². The minimum atomic E-state index is -3.78. The van der Waals surface area contributed by atoms with Gasteiger partial charge in [-0.3, -0.25) is 4.72 Å². The molecule has 3 aromatic rings. The van der Waals surface area contributed by atoms with E-state index in [9.17, 15) is 13.7 Å². The lowest BCUT2D eigenvalue weighted by atomic mass is 10.1. The van der Waals surface area contributed by atoms with Gasteiger partial charge in [-0.25, -0.2) is 4.98 Å². The normalized spacial score (nSPS) is 11.6. The highest BCUT2D eigenvalue weighted by Gasteiger charge is 2.23. The number of benzene rings is 1. The Bertz CT molecular complexity index is 1060. The summed E-state index contributed by atoms with van der Waals surface area (Å²) in [5.41, 5.74) is 2.38. The Morgan fingerprint density at radius 1 is 1.30 bits per heavy atom. The van der Waals surface area contributed by atoms with Crippen LogP contribution in [0.15, 0.2) is 23.4 Å². The maximum atomic E-state index is 12.6. The van der Waals surface area contributed by atoms with Gasteiger partial charge in [-0.1, -0.05) is 6.07 Å². The molecule has 23 heavy (non-hydrogen) atoms. The van der Waals surface area contributed by atoms with Crippen molar-refractivity contribution in [2.24, 2.45) is 0 Å². The first kappa shape index (κ1) is 15.5. The summed E-state index contributed by atoms with van der Waals surface area (Å²) in [5, 5.41) is 10.6. The number of anilines is 1. The minimum Gasteiger partial charge on any atom is -0.358 e. The largest absolute Gasteiger partial charge is 0.358 e. The lowest BCUT2D eigenvalue weighted by molar-refractivity contribution is 0.597. The second-order valence-electron chi connectivity index (χ2n) is 5.19. The zero-order valence-electron chi connectivity index (χ0n) is 12.8. The number of nitriles is 1. The average Bonchev–Trinajstić information content (AvgIpc) is 3.06. The van der Waals surface area contributed by atoms with Crippen molar-refractivity contribution in [3.63, 3.8) is 0 Å². The number of rotatable bonds is 3. The summed E-state index contributed by atoms with van der Waals surface area (Å²) in [4.78, 5) is 7.72. The molecule has 0 atom stereocenters. The van der Waals surface area contributed by atoms with Gasteiger partial charge in [0, 0.05) is 16.5 Å². The molecular weight excluding hydrogens is 332 g/mol. The van der Waals surface area contributed by atoms with Crippen LogP contribution >= 0.6 is 11.3 Å². The molecule has 0 aliphatic carbocycles. The summed E-state index contributed by atoms with van der Waals surface area (Å²) >= 11 is 1.34. The first-order valence-electron chi connectivity index (χ1n) is 6.81. The van der Waals surface area contributed by atoms with Crippen molar-refractivity contribution in [2.75, 3.05) is 4.72 Å². The molecule has 0 bridgehead atoms. The van der Waals surface area contributed by atoms with Gasteiger partial charge in [0.1, 0.15) is 6.07 Å². The van der Waals surface area contributed by atoms with Crippen molar-refractivity contribution in [3.8, 4) is 6.07 Å². The van der Waals surface area contributed by atoms with E-state index in [1.807, 2.05) is 6.92 Å². The van der Waals surface area contributed by atoms with Crippen LogP contribution in [0, 0.1) is 32.1 Å². The molecule has 0 amide bonds. The van der Waals surface area contributed by atoms with Crippen LogP contribution in [0.1, 0.15) is 21.0 Å². The van der Waals surface area contributed by atoms with Crippen LogP contribution < -0.4 is 4.72 Å². The molecule has 2 aromatic heterocycles. The van der Waals surface area contributed by atoms with Crippen LogP contribution in [0.5, 0.6) is 0 Å². The van der Waals surface area contributed by atoms with E-state index in [-0.39, 0.29) is 5.03 Å². The third-order valence-corrected chi connectivity index (χ3v) is 5.93.